The zero-order valence-corrected chi connectivity index (χ0v) is 29.6. The molecule has 0 fully saturated rings. The summed E-state index contributed by atoms with van der Waals surface area (Å²) in [5.74, 6) is 0.655. The van der Waals surface area contributed by atoms with E-state index in [1.54, 1.807) is 11.3 Å². The molecule has 0 radical (unpaired) electrons. The van der Waals surface area contributed by atoms with Crippen LogP contribution in [-0.2, 0) is 0 Å². The molecule has 0 saturated carbocycles. The van der Waals surface area contributed by atoms with Gasteiger partial charge in [0.15, 0.2) is 0 Å². The van der Waals surface area contributed by atoms with Crippen LogP contribution in [-0.4, -0.2) is 14.5 Å². The standard InChI is InChI=1S/C44H25N3OS.C3H8/c1-2-12-26(13-3-1)40-43-41(33-17-7-9-23-38(33)49-43)46-44(45-40)47-35-25-28-15-5-4-14-27(28)24-34(35)31-20-10-19-30(42(31)47)29-18-11-22-37-39(29)32-16-6-8-21-36(32)48-37;1-3-2/h1-25H;3H2,1-2H3. The van der Waals surface area contributed by atoms with Gasteiger partial charge in [-0.05, 0) is 46.7 Å². The van der Waals surface area contributed by atoms with E-state index in [0.717, 1.165) is 76.3 Å². The minimum absolute atomic E-state index is 0.655. The van der Waals surface area contributed by atoms with Crippen LogP contribution >= 0.6 is 11.3 Å². The maximum absolute atomic E-state index is 6.37. The lowest BCUT2D eigenvalue weighted by Gasteiger charge is -2.13. The van der Waals surface area contributed by atoms with E-state index in [2.05, 4.69) is 158 Å². The zero-order chi connectivity index (χ0) is 34.8. The largest absolute Gasteiger partial charge is 0.456 e. The first-order valence-corrected chi connectivity index (χ1v) is 18.6. The molecule has 4 heterocycles. The van der Waals surface area contributed by atoms with Crippen LogP contribution < -0.4 is 0 Å². The molecule has 5 heteroatoms. The molecule has 7 aromatic carbocycles. The molecular formula is C47H33N3OS. The van der Waals surface area contributed by atoms with Crippen LogP contribution in [0.25, 0.3) is 103 Å². The summed E-state index contributed by atoms with van der Waals surface area (Å²) >= 11 is 1.76. The number of fused-ring (bicyclic) bond motifs is 10. The number of furan rings is 1. The Hall–Kier alpha value is -6.30. The minimum atomic E-state index is 0.655. The van der Waals surface area contributed by atoms with Crippen LogP contribution in [0.15, 0.2) is 156 Å². The summed E-state index contributed by atoms with van der Waals surface area (Å²) in [6.45, 7) is 4.25. The molecule has 0 aliphatic carbocycles. The van der Waals surface area contributed by atoms with Crippen LogP contribution in [0.5, 0.6) is 0 Å². The van der Waals surface area contributed by atoms with Crippen molar-refractivity contribution < 1.29 is 4.42 Å². The van der Waals surface area contributed by atoms with Crippen LogP contribution in [0, 0.1) is 0 Å². The molecule has 0 saturated heterocycles. The number of para-hydroxylation sites is 2. The molecule has 0 aliphatic rings. The molecule has 0 atom stereocenters. The number of benzene rings is 7. The van der Waals surface area contributed by atoms with Gasteiger partial charge in [0.05, 0.1) is 26.9 Å². The van der Waals surface area contributed by atoms with Crippen molar-refractivity contribution in [2.75, 3.05) is 0 Å². The van der Waals surface area contributed by atoms with Crippen LogP contribution in [0.3, 0.4) is 0 Å². The molecule has 0 spiro atoms. The van der Waals surface area contributed by atoms with Crippen molar-refractivity contribution in [3.8, 4) is 28.3 Å². The zero-order valence-electron chi connectivity index (χ0n) is 28.8. The van der Waals surface area contributed by atoms with E-state index >= 15 is 0 Å². The summed E-state index contributed by atoms with van der Waals surface area (Å²) in [6, 6.07) is 53.5. The molecule has 0 unspecified atom stereocenters. The van der Waals surface area contributed by atoms with E-state index in [1.165, 1.54) is 27.3 Å². The fourth-order valence-corrected chi connectivity index (χ4v) is 8.80. The maximum atomic E-state index is 6.37. The molecule has 0 N–H and O–H groups in total. The van der Waals surface area contributed by atoms with Crippen LogP contribution in [0.4, 0.5) is 0 Å². The highest BCUT2D eigenvalue weighted by atomic mass is 32.1. The van der Waals surface area contributed by atoms with Gasteiger partial charge in [-0.3, -0.25) is 4.57 Å². The van der Waals surface area contributed by atoms with E-state index in [4.69, 9.17) is 14.4 Å². The third kappa shape index (κ3) is 4.66. The third-order valence-corrected chi connectivity index (χ3v) is 11.0. The van der Waals surface area contributed by atoms with E-state index in [9.17, 15) is 0 Å². The molecule has 0 aliphatic heterocycles. The molecule has 4 nitrogen and oxygen atoms in total. The van der Waals surface area contributed by atoms with Gasteiger partial charge in [0.2, 0.25) is 5.95 Å². The Kier molecular flexibility index (Phi) is 7.15. The number of aromatic nitrogens is 3. The van der Waals surface area contributed by atoms with Crippen LogP contribution in [0.1, 0.15) is 20.3 Å². The maximum Gasteiger partial charge on any atom is 0.235 e. The van der Waals surface area contributed by atoms with Crippen molar-refractivity contribution in [2.24, 2.45) is 0 Å². The molecule has 248 valence electrons. The van der Waals surface area contributed by atoms with Gasteiger partial charge in [-0.1, -0.05) is 142 Å². The van der Waals surface area contributed by atoms with E-state index in [-0.39, 0.29) is 0 Å². The lowest BCUT2D eigenvalue weighted by atomic mass is 9.97. The predicted octanol–water partition coefficient (Wildman–Crippen LogP) is 13.7. The van der Waals surface area contributed by atoms with Crippen molar-refractivity contribution in [3.05, 3.63) is 152 Å². The monoisotopic (exact) mass is 687 g/mol. The second-order valence-electron chi connectivity index (χ2n) is 13.3. The number of nitrogens with zero attached hydrogens (tertiary/aromatic N) is 3. The molecule has 0 bridgehead atoms. The van der Waals surface area contributed by atoms with Crippen molar-refractivity contribution in [1.29, 1.82) is 0 Å². The molecule has 11 rings (SSSR count). The summed E-state index contributed by atoms with van der Waals surface area (Å²) in [6.07, 6.45) is 1.25. The Morgan fingerprint density at radius 3 is 2.08 bits per heavy atom. The number of thiophene rings is 1. The Bertz CT molecular complexity index is 3130. The molecule has 52 heavy (non-hydrogen) atoms. The molecule has 4 aromatic heterocycles. The van der Waals surface area contributed by atoms with Gasteiger partial charge in [0.1, 0.15) is 11.2 Å². The summed E-state index contributed by atoms with van der Waals surface area (Å²) in [7, 11) is 0. The highest BCUT2D eigenvalue weighted by Crippen LogP contribution is 2.44. The average molecular weight is 688 g/mol. The lowest BCUT2D eigenvalue weighted by Crippen LogP contribution is -2.03. The number of hydrogen-bond donors (Lipinski definition) is 0. The van der Waals surface area contributed by atoms with E-state index in [0.29, 0.717) is 5.95 Å². The Labute approximate surface area is 304 Å². The topological polar surface area (TPSA) is 43.9 Å². The van der Waals surface area contributed by atoms with Crippen molar-refractivity contribution in [2.45, 2.75) is 20.3 Å². The van der Waals surface area contributed by atoms with Gasteiger partial charge in [0.25, 0.3) is 0 Å². The first-order valence-electron chi connectivity index (χ1n) is 17.8. The highest BCUT2D eigenvalue weighted by molar-refractivity contribution is 7.26. The minimum Gasteiger partial charge on any atom is -0.456 e. The first kappa shape index (κ1) is 30.5. The first-order chi connectivity index (χ1) is 25.7. The third-order valence-electron chi connectivity index (χ3n) is 9.80. The SMILES string of the molecule is CCC.c1ccc(-c2nc(-n3c4cc5ccccc5cc4c4cccc(-c5cccc6oc7ccccc7c56)c43)nc3c2sc2ccccc23)cc1. The van der Waals surface area contributed by atoms with Crippen LogP contribution in [0.2, 0.25) is 0 Å². The summed E-state index contributed by atoms with van der Waals surface area (Å²) in [5, 5.41) is 8.05. The summed E-state index contributed by atoms with van der Waals surface area (Å²) in [4.78, 5) is 10.9. The quantitative estimate of drug-likeness (QED) is 0.186. The second kappa shape index (κ2) is 12.2. The van der Waals surface area contributed by atoms with Gasteiger partial charge in [-0.2, -0.15) is 0 Å². The number of rotatable bonds is 3. The van der Waals surface area contributed by atoms with Gasteiger partial charge in [0, 0.05) is 42.8 Å². The van der Waals surface area contributed by atoms with Gasteiger partial charge in [-0.15, -0.1) is 11.3 Å². The number of hydrogen-bond acceptors (Lipinski definition) is 4. The van der Waals surface area contributed by atoms with Crippen molar-refractivity contribution in [3.63, 3.8) is 0 Å². The predicted molar refractivity (Wildman–Crippen MR) is 221 cm³/mol. The Balaban J connectivity index is 0.00000109. The highest BCUT2D eigenvalue weighted by Gasteiger charge is 2.23. The van der Waals surface area contributed by atoms with E-state index < -0.39 is 0 Å². The van der Waals surface area contributed by atoms with Crippen molar-refractivity contribution >= 4 is 86.2 Å². The lowest BCUT2D eigenvalue weighted by molar-refractivity contribution is 0.669. The van der Waals surface area contributed by atoms with Crippen molar-refractivity contribution in [1.82, 2.24) is 14.5 Å². The van der Waals surface area contributed by atoms with Gasteiger partial charge < -0.3 is 4.42 Å². The molecular weight excluding hydrogens is 655 g/mol. The van der Waals surface area contributed by atoms with Gasteiger partial charge >= 0.3 is 0 Å². The van der Waals surface area contributed by atoms with E-state index in [1.807, 2.05) is 12.1 Å². The second-order valence-corrected chi connectivity index (χ2v) is 14.3. The normalized spacial score (nSPS) is 11.7. The summed E-state index contributed by atoms with van der Waals surface area (Å²) in [5.41, 5.74) is 9.11. The fraction of sp³-hybridized carbons (Fsp3) is 0.0638. The molecule has 0 amide bonds. The average Bonchev–Trinajstić information content (AvgIpc) is 3.87. The Morgan fingerprint density at radius 2 is 1.23 bits per heavy atom. The molecule has 11 aromatic rings. The smallest absolute Gasteiger partial charge is 0.235 e. The van der Waals surface area contributed by atoms with Gasteiger partial charge in [-0.25, -0.2) is 9.97 Å². The Morgan fingerprint density at radius 1 is 0.577 bits per heavy atom. The summed E-state index contributed by atoms with van der Waals surface area (Å²) < 4.78 is 11.0. The fourth-order valence-electron chi connectivity index (χ4n) is 7.65.